The Morgan fingerprint density at radius 2 is 1.96 bits per heavy atom. The maximum absolute atomic E-state index is 12.3. The summed E-state index contributed by atoms with van der Waals surface area (Å²) in [6, 6.07) is 2.14. The average molecular weight is 381 g/mol. The smallest absolute Gasteiger partial charge is 0.223 e. The Labute approximate surface area is 155 Å². The summed E-state index contributed by atoms with van der Waals surface area (Å²) in [5.41, 5.74) is 0. The zero-order chi connectivity index (χ0) is 18.9. The van der Waals surface area contributed by atoms with Crippen LogP contribution < -0.4 is 4.90 Å². The molecule has 2 saturated heterocycles. The molecule has 0 spiro atoms. The van der Waals surface area contributed by atoms with E-state index in [4.69, 9.17) is 0 Å². The summed E-state index contributed by atoms with van der Waals surface area (Å²) in [5.74, 6) is 2.23. The predicted molar refractivity (Wildman–Crippen MR) is 101 cm³/mol. The highest BCUT2D eigenvalue weighted by Crippen LogP contribution is 2.28. The van der Waals surface area contributed by atoms with Crippen LogP contribution in [0.25, 0.3) is 0 Å². The van der Waals surface area contributed by atoms with E-state index in [0.717, 1.165) is 37.6 Å². The Morgan fingerprint density at radius 3 is 2.58 bits per heavy atom. The van der Waals surface area contributed by atoms with E-state index in [0.29, 0.717) is 18.9 Å². The molecule has 1 amide bonds. The Kier molecular flexibility index (Phi) is 5.50. The van der Waals surface area contributed by atoms with Crippen molar-refractivity contribution >= 4 is 21.6 Å². The summed E-state index contributed by atoms with van der Waals surface area (Å²) in [6.45, 7) is 6.43. The second-order valence-corrected chi connectivity index (χ2v) is 10.0. The van der Waals surface area contributed by atoms with Gasteiger partial charge < -0.3 is 9.80 Å². The number of rotatable bonds is 5. The highest BCUT2D eigenvalue weighted by atomic mass is 32.2. The van der Waals surface area contributed by atoms with Crippen molar-refractivity contribution in [2.24, 2.45) is 5.92 Å². The van der Waals surface area contributed by atoms with Crippen LogP contribution in [0, 0.1) is 5.92 Å². The van der Waals surface area contributed by atoms with E-state index in [1.165, 1.54) is 6.26 Å². The minimum atomic E-state index is -3.04. The molecule has 26 heavy (non-hydrogen) atoms. The normalized spacial score (nSPS) is 22.5. The Morgan fingerprint density at radius 1 is 1.27 bits per heavy atom. The van der Waals surface area contributed by atoms with Gasteiger partial charge in [-0.2, -0.15) is 0 Å². The molecule has 8 heteroatoms. The molecule has 3 heterocycles. The van der Waals surface area contributed by atoms with Crippen molar-refractivity contribution in [2.45, 2.75) is 45.1 Å². The fraction of sp³-hybridized carbons (Fsp3) is 0.722. The minimum absolute atomic E-state index is 0.0639. The second kappa shape index (κ2) is 7.50. The van der Waals surface area contributed by atoms with Gasteiger partial charge in [-0.25, -0.2) is 18.4 Å². The van der Waals surface area contributed by atoms with Gasteiger partial charge in [0, 0.05) is 50.5 Å². The number of nitrogens with zero attached hydrogens (tertiary/aromatic N) is 4. The molecule has 0 aliphatic carbocycles. The number of carbonyl (C=O) groups is 1. The lowest BCUT2D eigenvalue weighted by atomic mass is 10.0. The third kappa shape index (κ3) is 4.52. The fourth-order valence-electron chi connectivity index (χ4n) is 3.93. The molecular weight excluding hydrogens is 352 g/mol. The SMILES string of the molecule is CC(C)c1nccc(N2CCC(N3CC(CS(C)(=O)=O)CC3=O)CC2)n1. The first-order valence-electron chi connectivity index (χ1n) is 9.28. The van der Waals surface area contributed by atoms with E-state index < -0.39 is 9.84 Å². The van der Waals surface area contributed by atoms with Gasteiger partial charge in [-0.15, -0.1) is 0 Å². The first-order chi connectivity index (χ1) is 12.2. The van der Waals surface area contributed by atoms with E-state index in [1.54, 1.807) is 0 Å². The van der Waals surface area contributed by atoms with E-state index >= 15 is 0 Å². The van der Waals surface area contributed by atoms with Crippen LogP contribution in [0.5, 0.6) is 0 Å². The first-order valence-corrected chi connectivity index (χ1v) is 11.3. The molecule has 2 aliphatic heterocycles. The number of aromatic nitrogens is 2. The molecule has 0 N–H and O–H groups in total. The van der Waals surface area contributed by atoms with Gasteiger partial charge in [-0.3, -0.25) is 4.79 Å². The molecule has 0 saturated carbocycles. The number of carbonyl (C=O) groups excluding carboxylic acids is 1. The number of likely N-dealkylation sites (tertiary alicyclic amines) is 1. The topological polar surface area (TPSA) is 83.5 Å². The van der Waals surface area contributed by atoms with Gasteiger partial charge in [0.15, 0.2) is 0 Å². The lowest BCUT2D eigenvalue weighted by Gasteiger charge is -2.37. The molecule has 2 aliphatic rings. The molecule has 0 aromatic carbocycles. The highest BCUT2D eigenvalue weighted by Gasteiger charge is 2.37. The number of hydrogen-bond acceptors (Lipinski definition) is 6. The minimum Gasteiger partial charge on any atom is -0.356 e. The van der Waals surface area contributed by atoms with Gasteiger partial charge in [-0.1, -0.05) is 13.8 Å². The van der Waals surface area contributed by atoms with E-state index in [2.05, 4.69) is 28.7 Å². The second-order valence-electron chi connectivity index (χ2n) is 7.85. The highest BCUT2D eigenvalue weighted by molar-refractivity contribution is 7.90. The van der Waals surface area contributed by atoms with Crippen LogP contribution in [0.15, 0.2) is 12.3 Å². The molecule has 2 fully saturated rings. The average Bonchev–Trinajstić information content (AvgIpc) is 2.93. The standard InChI is InChI=1S/C18H28N4O3S/c1-13(2)18-19-7-4-16(20-18)21-8-5-15(6-9-21)22-11-14(10-17(22)23)12-26(3,24)25/h4,7,13-15H,5-6,8-12H2,1-3H3. The van der Waals surface area contributed by atoms with Gasteiger partial charge in [0.1, 0.15) is 21.5 Å². The zero-order valence-electron chi connectivity index (χ0n) is 15.8. The monoisotopic (exact) mass is 380 g/mol. The summed E-state index contributed by atoms with van der Waals surface area (Å²) >= 11 is 0. The molecule has 1 aromatic rings. The molecule has 0 bridgehead atoms. The van der Waals surface area contributed by atoms with Crippen molar-refractivity contribution in [3.8, 4) is 0 Å². The third-order valence-corrected chi connectivity index (χ3v) is 6.26. The van der Waals surface area contributed by atoms with Crippen LogP contribution in [0.2, 0.25) is 0 Å². The van der Waals surface area contributed by atoms with Crippen molar-refractivity contribution in [3.05, 3.63) is 18.1 Å². The molecule has 1 unspecified atom stereocenters. The number of amides is 1. The van der Waals surface area contributed by atoms with Gasteiger partial charge in [0.2, 0.25) is 5.91 Å². The van der Waals surface area contributed by atoms with E-state index in [1.807, 2.05) is 17.2 Å². The zero-order valence-corrected chi connectivity index (χ0v) is 16.6. The van der Waals surface area contributed by atoms with Crippen LogP contribution in [-0.2, 0) is 14.6 Å². The number of piperidine rings is 1. The quantitative estimate of drug-likeness (QED) is 0.769. The summed E-state index contributed by atoms with van der Waals surface area (Å²) in [7, 11) is -3.04. The molecular formula is C18H28N4O3S. The number of sulfone groups is 1. The molecule has 1 atom stereocenters. The number of anilines is 1. The molecule has 1 aromatic heterocycles. The van der Waals surface area contributed by atoms with Crippen molar-refractivity contribution in [1.82, 2.24) is 14.9 Å². The first kappa shape index (κ1) is 19.1. The van der Waals surface area contributed by atoms with Crippen LogP contribution in [0.4, 0.5) is 5.82 Å². The summed E-state index contributed by atoms with van der Waals surface area (Å²) in [5, 5.41) is 0. The fourth-order valence-corrected chi connectivity index (χ4v) is 5.01. The maximum atomic E-state index is 12.3. The van der Waals surface area contributed by atoms with Crippen molar-refractivity contribution < 1.29 is 13.2 Å². The Hall–Kier alpha value is -1.70. The number of hydrogen-bond donors (Lipinski definition) is 0. The Balaban J connectivity index is 1.59. The third-order valence-electron chi connectivity index (χ3n) is 5.18. The lowest BCUT2D eigenvalue weighted by Crippen LogP contribution is -2.46. The largest absolute Gasteiger partial charge is 0.356 e. The molecule has 144 valence electrons. The van der Waals surface area contributed by atoms with Gasteiger partial charge in [0.25, 0.3) is 0 Å². The van der Waals surface area contributed by atoms with E-state index in [9.17, 15) is 13.2 Å². The van der Waals surface area contributed by atoms with Gasteiger partial charge >= 0.3 is 0 Å². The van der Waals surface area contributed by atoms with Crippen molar-refractivity contribution in [1.29, 1.82) is 0 Å². The van der Waals surface area contributed by atoms with Crippen LogP contribution in [0.1, 0.15) is 44.9 Å². The molecule has 7 nitrogen and oxygen atoms in total. The maximum Gasteiger partial charge on any atom is 0.223 e. The predicted octanol–water partition coefficient (Wildman–Crippen LogP) is 1.46. The van der Waals surface area contributed by atoms with E-state index in [-0.39, 0.29) is 23.6 Å². The van der Waals surface area contributed by atoms with Crippen molar-refractivity contribution in [2.75, 3.05) is 36.5 Å². The Bertz CT molecular complexity index is 757. The van der Waals surface area contributed by atoms with Crippen LogP contribution in [0.3, 0.4) is 0 Å². The summed E-state index contributed by atoms with van der Waals surface area (Å²) in [6.07, 6.45) is 5.18. The van der Waals surface area contributed by atoms with Gasteiger partial charge in [0.05, 0.1) is 5.75 Å². The lowest BCUT2D eigenvalue weighted by molar-refractivity contribution is -0.130. The summed E-state index contributed by atoms with van der Waals surface area (Å²) < 4.78 is 23.0. The summed E-state index contributed by atoms with van der Waals surface area (Å²) in [4.78, 5) is 25.5. The molecule has 0 radical (unpaired) electrons. The van der Waals surface area contributed by atoms with Crippen molar-refractivity contribution in [3.63, 3.8) is 0 Å². The molecule has 3 rings (SSSR count). The van der Waals surface area contributed by atoms with Gasteiger partial charge in [-0.05, 0) is 24.8 Å². The van der Waals surface area contributed by atoms with Crippen LogP contribution >= 0.6 is 0 Å². The van der Waals surface area contributed by atoms with Crippen LogP contribution in [-0.4, -0.2) is 66.9 Å².